The summed E-state index contributed by atoms with van der Waals surface area (Å²) in [5.74, 6) is -1.27. The van der Waals surface area contributed by atoms with Crippen molar-refractivity contribution in [2.75, 3.05) is 11.9 Å². The van der Waals surface area contributed by atoms with Crippen molar-refractivity contribution in [3.05, 3.63) is 15.8 Å². The minimum atomic E-state index is -1.02. The molecule has 0 spiro atoms. The van der Waals surface area contributed by atoms with E-state index in [1.54, 1.807) is 12.3 Å². The third-order valence-corrected chi connectivity index (χ3v) is 3.98. The number of rotatable bonds is 3. The van der Waals surface area contributed by atoms with E-state index in [2.05, 4.69) is 5.32 Å². The molecule has 2 rings (SSSR count). The molecule has 2 heterocycles. The number of carbonyl (C=O) groups excluding carboxylic acids is 1. The van der Waals surface area contributed by atoms with Crippen LogP contribution >= 0.6 is 11.3 Å². The van der Waals surface area contributed by atoms with Crippen LogP contribution in [0, 0.1) is 6.92 Å². The first-order valence-corrected chi connectivity index (χ1v) is 6.71. The lowest BCUT2D eigenvalue weighted by Crippen LogP contribution is -2.33. The molecule has 0 saturated carbocycles. The Balaban J connectivity index is 2.10. The summed E-state index contributed by atoms with van der Waals surface area (Å²) < 4.78 is 5.37. The molecule has 98 valence electrons. The molecule has 0 aliphatic carbocycles. The Hall–Kier alpha value is -1.40. The van der Waals surface area contributed by atoms with Gasteiger partial charge < -0.3 is 15.2 Å². The smallest absolute Gasteiger partial charge is 0.348 e. The number of carboxylic acids is 1. The van der Waals surface area contributed by atoms with Gasteiger partial charge in [-0.1, -0.05) is 0 Å². The Morgan fingerprint density at radius 1 is 1.50 bits per heavy atom. The zero-order chi connectivity index (χ0) is 13.1. The van der Waals surface area contributed by atoms with Gasteiger partial charge >= 0.3 is 5.97 Å². The zero-order valence-corrected chi connectivity index (χ0v) is 10.9. The van der Waals surface area contributed by atoms with Crippen molar-refractivity contribution in [1.82, 2.24) is 0 Å². The maximum absolute atomic E-state index is 12.0. The van der Waals surface area contributed by atoms with Crippen molar-refractivity contribution in [2.24, 2.45) is 0 Å². The number of carbonyl (C=O) groups is 2. The standard InChI is InChI=1S/C12H15NO4S/c1-7-6-18-10(12(15)16)9(7)13-11(14)8-4-2-3-5-17-8/h6,8H,2-5H2,1H3,(H,13,14)(H,15,16). The van der Waals surface area contributed by atoms with Gasteiger partial charge in [-0.2, -0.15) is 0 Å². The highest BCUT2D eigenvalue weighted by atomic mass is 32.1. The maximum atomic E-state index is 12.0. The molecule has 1 atom stereocenters. The van der Waals surface area contributed by atoms with Gasteiger partial charge in [0.05, 0.1) is 5.69 Å². The predicted molar refractivity (Wildman–Crippen MR) is 68.2 cm³/mol. The van der Waals surface area contributed by atoms with Gasteiger partial charge in [0.2, 0.25) is 0 Å². The summed E-state index contributed by atoms with van der Waals surface area (Å²) in [6.07, 6.45) is 2.17. The topological polar surface area (TPSA) is 75.6 Å². The molecular formula is C12H15NO4S. The molecule has 1 aromatic rings. The minimum absolute atomic E-state index is 0.164. The molecule has 1 aliphatic heterocycles. The average Bonchev–Trinajstić information content (AvgIpc) is 2.72. The van der Waals surface area contributed by atoms with E-state index in [9.17, 15) is 9.59 Å². The number of hydrogen-bond acceptors (Lipinski definition) is 4. The lowest BCUT2D eigenvalue weighted by atomic mass is 10.1. The summed E-state index contributed by atoms with van der Waals surface area (Å²) in [7, 11) is 0. The lowest BCUT2D eigenvalue weighted by molar-refractivity contribution is -0.129. The number of nitrogens with one attached hydrogen (secondary N) is 1. The van der Waals surface area contributed by atoms with E-state index in [-0.39, 0.29) is 10.8 Å². The van der Waals surface area contributed by atoms with Crippen LogP contribution in [0.4, 0.5) is 5.69 Å². The Labute approximate surface area is 109 Å². The molecule has 1 fully saturated rings. The van der Waals surface area contributed by atoms with Gasteiger partial charge in [-0.3, -0.25) is 4.79 Å². The molecular weight excluding hydrogens is 254 g/mol. The van der Waals surface area contributed by atoms with Crippen LogP contribution in [0.25, 0.3) is 0 Å². The van der Waals surface area contributed by atoms with Gasteiger partial charge in [-0.15, -0.1) is 11.3 Å². The number of carboxylic acid groups (broad SMARTS) is 1. The zero-order valence-electron chi connectivity index (χ0n) is 10.1. The van der Waals surface area contributed by atoms with Crippen LogP contribution in [0.15, 0.2) is 5.38 Å². The number of ether oxygens (including phenoxy) is 1. The normalized spacial score (nSPS) is 19.5. The van der Waals surface area contributed by atoms with Crippen LogP contribution in [-0.4, -0.2) is 29.7 Å². The average molecular weight is 269 g/mol. The second kappa shape index (κ2) is 5.49. The summed E-state index contributed by atoms with van der Waals surface area (Å²) in [5, 5.41) is 13.4. The summed E-state index contributed by atoms with van der Waals surface area (Å²) >= 11 is 1.12. The first-order valence-electron chi connectivity index (χ1n) is 5.83. The number of hydrogen-bond donors (Lipinski definition) is 2. The van der Waals surface area contributed by atoms with Crippen LogP contribution in [0.5, 0.6) is 0 Å². The van der Waals surface area contributed by atoms with Crippen LogP contribution in [0.3, 0.4) is 0 Å². The first-order chi connectivity index (χ1) is 8.59. The van der Waals surface area contributed by atoms with Gasteiger partial charge in [0, 0.05) is 6.61 Å². The van der Waals surface area contributed by atoms with Crippen molar-refractivity contribution >= 4 is 28.9 Å². The molecule has 2 N–H and O–H groups in total. The molecule has 1 aromatic heterocycles. The summed E-state index contributed by atoms with van der Waals surface area (Å²) in [5.41, 5.74) is 1.16. The van der Waals surface area contributed by atoms with Crippen LogP contribution in [0.2, 0.25) is 0 Å². The van der Waals surface area contributed by atoms with Gasteiger partial charge in [-0.25, -0.2) is 4.79 Å². The van der Waals surface area contributed by atoms with Gasteiger partial charge in [0.1, 0.15) is 11.0 Å². The largest absolute Gasteiger partial charge is 0.477 e. The SMILES string of the molecule is Cc1csc(C(=O)O)c1NC(=O)C1CCCCO1. The molecule has 0 radical (unpaired) electrons. The quantitative estimate of drug-likeness (QED) is 0.882. The fourth-order valence-corrected chi connectivity index (χ4v) is 2.75. The molecule has 1 unspecified atom stereocenters. The number of amides is 1. The molecule has 1 saturated heterocycles. The van der Waals surface area contributed by atoms with Crippen molar-refractivity contribution < 1.29 is 19.4 Å². The Morgan fingerprint density at radius 2 is 2.28 bits per heavy atom. The molecule has 1 amide bonds. The monoisotopic (exact) mass is 269 g/mol. The van der Waals surface area contributed by atoms with Crippen molar-refractivity contribution in [2.45, 2.75) is 32.3 Å². The van der Waals surface area contributed by atoms with Crippen LogP contribution < -0.4 is 5.32 Å². The van der Waals surface area contributed by atoms with E-state index in [1.165, 1.54) is 0 Å². The second-order valence-electron chi connectivity index (χ2n) is 4.27. The van der Waals surface area contributed by atoms with Gasteiger partial charge in [-0.05, 0) is 37.1 Å². The molecule has 6 heteroatoms. The Bertz CT molecular complexity index is 463. The van der Waals surface area contributed by atoms with Crippen molar-refractivity contribution in [1.29, 1.82) is 0 Å². The van der Waals surface area contributed by atoms with Gasteiger partial charge in [0.25, 0.3) is 5.91 Å². The Morgan fingerprint density at radius 3 is 2.89 bits per heavy atom. The molecule has 18 heavy (non-hydrogen) atoms. The Kier molecular flexibility index (Phi) is 3.98. The fraction of sp³-hybridized carbons (Fsp3) is 0.500. The fourth-order valence-electron chi connectivity index (χ4n) is 1.91. The van der Waals surface area contributed by atoms with Crippen LogP contribution in [0.1, 0.15) is 34.5 Å². The van der Waals surface area contributed by atoms with Crippen LogP contribution in [-0.2, 0) is 9.53 Å². The molecule has 0 aromatic carbocycles. The summed E-state index contributed by atoms with van der Waals surface area (Å²) in [6, 6.07) is 0. The lowest BCUT2D eigenvalue weighted by Gasteiger charge is -2.21. The maximum Gasteiger partial charge on any atom is 0.348 e. The number of aryl methyl sites for hydroxylation is 1. The van der Waals surface area contributed by atoms with E-state index in [0.717, 1.165) is 29.7 Å². The van der Waals surface area contributed by atoms with Gasteiger partial charge in [0.15, 0.2) is 0 Å². The van der Waals surface area contributed by atoms with E-state index >= 15 is 0 Å². The highest BCUT2D eigenvalue weighted by molar-refractivity contribution is 7.12. The second-order valence-corrected chi connectivity index (χ2v) is 5.15. The first kappa shape index (κ1) is 13.0. The van der Waals surface area contributed by atoms with Crippen molar-refractivity contribution in [3.8, 4) is 0 Å². The number of anilines is 1. The van der Waals surface area contributed by atoms with E-state index in [1.807, 2.05) is 0 Å². The van der Waals surface area contributed by atoms with E-state index in [0.29, 0.717) is 18.7 Å². The summed E-state index contributed by atoms with van der Waals surface area (Å²) in [4.78, 5) is 23.2. The minimum Gasteiger partial charge on any atom is -0.477 e. The number of aromatic carboxylic acids is 1. The highest BCUT2D eigenvalue weighted by Gasteiger charge is 2.24. The van der Waals surface area contributed by atoms with E-state index in [4.69, 9.17) is 9.84 Å². The molecule has 0 bridgehead atoms. The van der Waals surface area contributed by atoms with Crippen molar-refractivity contribution in [3.63, 3.8) is 0 Å². The third-order valence-electron chi connectivity index (χ3n) is 2.89. The third kappa shape index (κ3) is 2.70. The summed E-state index contributed by atoms with van der Waals surface area (Å²) in [6.45, 7) is 2.37. The highest BCUT2D eigenvalue weighted by Crippen LogP contribution is 2.28. The molecule has 1 aliphatic rings. The van der Waals surface area contributed by atoms with E-state index < -0.39 is 12.1 Å². The molecule has 5 nitrogen and oxygen atoms in total. The predicted octanol–water partition coefficient (Wildman–Crippen LogP) is 2.26. The number of thiophene rings is 1.